The highest BCUT2D eigenvalue weighted by atomic mass is 32.2. The first-order chi connectivity index (χ1) is 13.6. The Kier molecular flexibility index (Phi) is 6.65. The molecule has 3 aromatic rings. The van der Waals surface area contributed by atoms with Crippen LogP contribution in [0.3, 0.4) is 0 Å². The molecule has 28 heavy (non-hydrogen) atoms. The van der Waals surface area contributed by atoms with Crippen LogP contribution >= 0.6 is 11.8 Å². The van der Waals surface area contributed by atoms with Gasteiger partial charge in [-0.1, -0.05) is 55.9 Å². The van der Waals surface area contributed by atoms with Crippen molar-refractivity contribution in [3.63, 3.8) is 0 Å². The predicted molar refractivity (Wildman–Crippen MR) is 109 cm³/mol. The quantitative estimate of drug-likeness (QED) is 0.586. The highest BCUT2D eigenvalue weighted by molar-refractivity contribution is 8.00. The molecular formula is C20H23N5O2S. The van der Waals surface area contributed by atoms with E-state index in [1.807, 2.05) is 68.4 Å². The molecule has 0 unspecified atom stereocenters. The van der Waals surface area contributed by atoms with Gasteiger partial charge in [0.25, 0.3) is 0 Å². The second-order valence-electron chi connectivity index (χ2n) is 6.60. The molecule has 0 saturated heterocycles. The van der Waals surface area contributed by atoms with Crippen LogP contribution in [0.25, 0.3) is 0 Å². The molecule has 0 saturated carbocycles. The molecule has 0 aliphatic carbocycles. The molecule has 3 rings (SSSR count). The lowest BCUT2D eigenvalue weighted by Crippen LogP contribution is -2.30. The van der Waals surface area contributed by atoms with Gasteiger partial charge in [0.1, 0.15) is 5.75 Å². The summed E-state index contributed by atoms with van der Waals surface area (Å²) in [5.41, 5.74) is 1.82. The van der Waals surface area contributed by atoms with Crippen LogP contribution in [0.5, 0.6) is 5.75 Å². The molecule has 1 atom stereocenters. The van der Waals surface area contributed by atoms with Gasteiger partial charge in [0.15, 0.2) is 0 Å². The summed E-state index contributed by atoms with van der Waals surface area (Å²) in [6.45, 7) is 4.58. The van der Waals surface area contributed by atoms with Crippen LogP contribution in [-0.2, 0) is 11.3 Å². The number of carbonyl (C=O) groups is 1. The third kappa shape index (κ3) is 5.10. The smallest absolute Gasteiger partial charge is 0.238 e. The molecule has 0 radical (unpaired) electrons. The SMILES string of the molecule is COc1ccc(NC(=O)[C@@H](Sc2nnnn2Cc2ccccc2)C(C)C)cc1. The summed E-state index contributed by atoms with van der Waals surface area (Å²) in [6.07, 6.45) is 0. The maximum absolute atomic E-state index is 12.9. The van der Waals surface area contributed by atoms with Crippen molar-refractivity contribution in [1.82, 2.24) is 20.2 Å². The largest absolute Gasteiger partial charge is 0.497 e. The second kappa shape index (κ2) is 9.36. The van der Waals surface area contributed by atoms with Crippen molar-refractivity contribution in [2.75, 3.05) is 12.4 Å². The van der Waals surface area contributed by atoms with Crippen LogP contribution in [0.4, 0.5) is 5.69 Å². The van der Waals surface area contributed by atoms with Gasteiger partial charge in [-0.2, -0.15) is 0 Å². The minimum absolute atomic E-state index is 0.0839. The van der Waals surface area contributed by atoms with Gasteiger partial charge in [-0.25, -0.2) is 4.68 Å². The Morgan fingerprint density at radius 3 is 2.50 bits per heavy atom. The third-order valence-electron chi connectivity index (χ3n) is 4.13. The van der Waals surface area contributed by atoms with E-state index in [0.29, 0.717) is 11.7 Å². The number of hydrogen-bond donors (Lipinski definition) is 1. The number of aromatic nitrogens is 4. The summed E-state index contributed by atoms with van der Waals surface area (Å²) in [7, 11) is 1.61. The number of nitrogens with one attached hydrogen (secondary N) is 1. The molecule has 0 aliphatic rings. The van der Waals surface area contributed by atoms with Crippen LogP contribution in [0.1, 0.15) is 19.4 Å². The van der Waals surface area contributed by atoms with Crippen molar-refractivity contribution in [2.45, 2.75) is 30.8 Å². The van der Waals surface area contributed by atoms with Crippen LogP contribution in [0.15, 0.2) is 59.8 Å². The molecule has 0 aliphatic heterocycles. The normalized spacial score (nSPS) is 12.0. The first-order valence-corrected chi connectivity index (χ1v) is 9.86. The van der Waals surface area contributed by atoms with Gasteiger partial charge >= 0.3 is 0 Å². The highest BCUT2D eigenvalue weighted by Crippen LogP contribution is 2.28. The van der Waals surface area contributed by atoms with E-state index in [9.17, 15) is 4.79 Å². The Balaban J connectivity index is 1.71. The number of amides is 1. The summed E-state index contributed by atoms with van der Waals surface area (Å²) in [5.74, 6) is 0.762. The van der Waals surface area contributed by atoms with Gasteiger partial charge in [0, 0.05) is 5.69 Å². The lowest BCUT2D eigenvalue weighted by molar-refractivity contribution is -0.116. The summed E-state index contributed by atoms with van der Waals surface area (Å²) in [5, 5.41) is 15.2. The molecule has 1 aromatic heterocycles. The van der Waals surface area contributed by atoms with Crippen molar-refractivity contribution in [3.05, 3.63) is 60.2 Å². The summed E-state index contributed by atoms with van der Waals surface area (Å²) in [4.78, 5) is 12.9. The fourth-order valence-electron chi connectivity index (χ4n) is 2.63. The number of carbonyl (C=O) groups excluding carboxylic acids is 1. The standard InChI is InChI=1S/C20H23N5O2S/c1-14(2)18(19(26)21-16-9-11-17(27-3)12-10-16)28-20-22-23-24-25(20)13-15-7-5-4-6-8-15/h4-12,14,18H,13H2,1-3H3,(H,21,26)/t18-/m0/s1. The van der Waals surface area contributed by atoms with Crippen molar-refractivity contribution in [2.24, 2.45) is 5.92 Å². The second-order valence-corrected chi connectivity index (χ2v) is 7.71. The molecule has 1 amide bonds. The Bertz CT molecular complexity index is 896. The molecule has 1 N–H and O–H groups in total. The number of thioether (sulfide) groups is 1. The van der Waals surface area contributed by atoms with Crippen molar-refractivity contribution in [3.8, 4) is 5.75 Å². The Hall–Kier alpha value is -2.87. The number of rotatable bonds is 8. The van der Waals surface area contributed by atoms with E-state index in [2.05, 4.69) is 20.8 Å². The zero-order chi connectivity index (χ0) is 19.9. The van der Waals surface area contributed by atoms with Gasteiger partial charge in [0.05, 0.1) is 18.9 Å². The van der Waals surface area contributed by atoms with Gasteiger partial charge in [0.2, 0.25) is 11.1 Å². The molecule has 8 heteroatoms. The predicted octanol–water partition coefficient (Wildman–Crippen LogP) is 3.49. The van der Waals surface area contributed by atoms with E-state index >= 15 is 0 Å². The number of anilines is 1. The van der Waals surface area contributed by atoms with Crippen LogP contribution in [0.2, 0.25) is 0 Å². The van der Waals surface area contributed by atoms with Gasteiger partial charge in [-0.3, -0.25) is 4.79 Å². The topological polar surface area (TPSA) is 81.9 Å². The molecule has 0 spiro atoms. The number of methoxy groups -OCH3 is 1. The van der Waals surface area contributed by atoms with Crippen LogP contribution in [0, 0.1) is 5.92 Å². The van der Waals surface area contributed by atoms with E-state index in [4.69, 9.17) is 4.74 Å². The highest BCUT2D eigenvalue weighted by Gasteiger charge is 2.26. The molecule has 0 bridgehead atoms. The molecular weight excluding hydrogens is 374 g/mol. The number of ether oxygens (including phenoxy) is 1. The van der Waals surface area contributed by atoms with E-state index < -0.39 is 0 Å². The first-order valence-electron chi connectivity index (χ1n) is 8.98. The van der Waals surface area contributed by atoms with Crippen molar-refractivity contribution < 1.29 is 9.53 Å². The lowest BCUT2D eigenvalue weighted by atomic mass is 10.1. The Morgan fingerprint density at radius 1 is 1.14 bits per heavy atom. The zero-order valence-electron chi connectivity index (χ0n) is 16.1. The molecule has 0 fully saturated rings. The minimum Gasteiger partial charge on any atom is -0.497 e. The number of benzene rings is 2. The van der Waals surface area contributed by atoms with Crippen molar-refractivity contribution in [1.29, 1.82) is 0 Å². The molecule has 2 aromatic carbocycles. The van der Waals surface area contributed by atoms with Crippen molar-refractivity contribution >= 4 is 23.4 Å². The summed E-state index contributed by atoms with van der Waals surface area (Å²) in [6, 6.07) is 17.2. The summed E-state index contributed by atoms with van der Waals surface area (Å²) < 4.78 is 6.87. The minimum atomic E-state index is -0.331. The third-order valence-corrected chi connectivity index (χ3v) is 5.64. The lowest BCUT2D eigenvalue weighted by Gasteiger charge is -2.19. The van der Waals surface area contributed by atoms with E-state index in [1.165, 1.54) is 11.8 Å². The Morgan fingerprint density at radius 2 is 1.86 bits per heavy atom. The fourth-order valence-corrected chi connectivity index (χ4v) is 3.60. The summed E-state index contributed by atoms with van der Waals surface area (Å²) >= 11 is 1.37. The maximum atomic E-state index is 12.9. The Labute approximate surface area is 168 Å². The van der Waals surface area contributed by atoms with Crippen LogP contribution < -0.4 is 10.1 Å². The maximum Gasteiger partial charge on any atom is 0.238 e. The number of hydrogen-bond acceptors (Lipinski definition) is 6. The van der Waals surface area contributed by atoms with E-state index in [0.717, 1.165) is 17.0 Å². The van der Waals surface area contributed by atoms with Gasteiger partial charge in [-0.05, 0) is 46.2 Å². The molecule has 7 nitrogen and oxygen atoms in total. The van der Waals surface area contributed by atoms with Gasteiger partial charge < -0.3 is 10.1 Å². The number of nitrogens with zero attached hydrogens (tertiary/aromatic N) is 4. The fraction of sp³-hybridized carbons (Fsp3) is 0.300. The van der Waals surface area contributed by atoms with E-state index in [1.54, 1.807) is 11.8 Å². The number of tetrazole rings is 1. The first kappa shape index (κ1) is 19.9. The average molecular weight is 398 g/mol. The molecule has 1 heterocycles. The zero-order valence-corrected chi connectivity index (χ0v) is 16.9. The molecule has 146 valence electrons. The van der Waals surface area contributed by atoms with E-state index in [-0.39, 0.29) is 17.1 Å². The van der Waals surface area contributed by atoms with Crippen LogP contribution in [-0.4, -0.2) is 38.5 Å². The average Bonchev–Trinajstić information content (AvgIpc) is 3.14. The van der Waals surface area contributed by atoms with Gasteiger partial charge in [-0.15, -0.1) is 5.10 Å². The monoisotopic (exact) mass is 397 g/mol.